The maximum Gasteiger partial charge on any atom is 0.0456 e. The molecule has 0 fully saturated rings. The van der Waals surface area contributed by atoms with Crippen molar-refractivity contribution in [1.82, 2.24) is 5.32 Å². The fraction of sp³-hybridized carbons (Fsp3) is 0.429. The van der Waals surface area contributed by atoms with E-state index >= 15 is 0 Å². The van der Waals surface area contributed by atoms with Gasteiger partial charge in [0, 0.05) is 15.8 Å². The number of aryl methyl sites for hydroxylation is 2. The summed E-state index contributed by atoms with van der Waals surface area (Å²) in [7, 11) is 0. The maximum absolute atomic E-state index is 3.59. The lowest BCUT2D eigenvalue weighted by atomic mass is 10.1. The van der Waals surface area contributed by atoms with Gasteiger partial charge in [-0.25, -0.2) is 0 Å². The molecule has 0 aliphatic rings. The van der Waals surface area contributed by atoms with Crippen LogP contribution in [0, 0.1) is 13.8 Å². The van der Waals surface area contributed by atoms with E-state index in [1.54, 1.807) is 11.3 Å². The fourth-order valence-corrected chi connectivity index (χ4v) is 3.74. The number of hydrogen-bond donors (Lipinski definition) is 1. The number of likely N-dealkylation sites (N-methyl/N-ethyl adjacent to an activating group) is 1. The minimum atomic E-state index is 0.465. The van der Waals surface area contributed by atoms with E-state index in [1.165, 1.54) is 20.9 Å². The molecule has 2 aromatic heterocycles. The first kappa shape index (κ1) is 12.8. The average Bonchev–Trinajstić information content (AvgIpc) is 2.90. The normalized spacial score (nSPS) is 12.9. The summed E-state index contributed by atoms with van der Waals surface area (Å²) in [5.74, 6) is 0. The first-order valence-corrected chi connectivity index (χ1v) is 7.78. The van der Waals surface area contributed by atoms with Crippen LogP contribution in [-0.4, -0.2) is 6.54 Å². The molecule has 2 rings (SSSR count). The molecule has 0 saturated carbocycles. The highest BCUT2D eigenvalue weighted by molar-refractivity contribution is 7.12. The average molecular weight is 265 g/mol. The van der Waals surface area contributed by atoms with E-state index in [4.69, 9.17) is 0 Å². The number of rotatable bonds is 5. The molecule has 1 N–H and O–H groups in total. The van der Waals surface area contributed by atoms with Crippen molar-refractivity contribution in [2.75, 3.05) is 6.54 Å². The fourth-order valence-electron chi connectivity index (χ4n) is 1.94. The largest absolute Gasteiger partial charge is 0.309 e. The number of nitrogens with one attached hydrogen (secondary N) is 1. The molecule has 0 aromatic carbocycles. The van der Waals surface area contributed by atoms with E-state index in [-0.39, 0.29) is 0 Å². The molecular weight excluding hydrogens is 246 g/mol. The van der Waals surface area contributed by atoms with E-state index in [2.05, 4.69) is 49.0 Å². The Morgan fingerprint density at radius 3 is 2.71 bits per heavy atom. The van der Waals surface area contributed by atoms with Crippen molar-refractivity contribution >= 4 is 22.7 Å². The molecular formula is C14H19NS2. The summed E-state index contributed by atoms with van der Waals surface area (Å²) in [5.41, 5.74) is 2.85. The molecule has 0 saturated heterocycles. The molecule has 0 bridgehead atoms. The monoisotopic (exact) mass is 265 g/mol. The van der Waals surface area contributed by atoms with Crippen LogP contribution in [0.3, 0.4) is 0 Å². The Hall–Kier alpha value is -0.640. The molecule has 1 unspecified atom stereocenters. The highest BCUT2D eigenvalue weighted by Gasteiger charge is 2.14. The zero-order valence-corrected chi connectivity index (χ0v) is 12.3. The Morgan fingerprint density at radius 1 is 1.35 bits per heavy atom. The topological polar surface area (TPSA) is 12.0 Å². The van der Waals surface area contributed by atoms with Gasteiger partial charge in [0.05, 0.1) is 0 Å². The van der Waals surface area contributed by atoms with Crippen molar-refractivity contribution in [3.05, 3.63) is 43.8 Å². The molecule has 2 heterocycles. The molecule has 1 nitrogen and oxygen atoms in total. The first-order valence-electron chi connectivity index (χ1n) is 6.02. The molecule has 1 atom stereocenters. The Balaban J connectivity index is 2.16. The summed E-state index contributed by atoms with van der Waals surface area (Å²) < 4.78 is 0. The molecule has 3 heteroatoms. The Labute approximate surface area is 112 Å². The third-order valence-electron chi connectivity index (χ3n) is 3.00. The van der Waals surface area contributed by atoms with Crippen molar-refractivity contribution < 1.29 is 0 Å². The zero-order valence-electron chi connectivity index (χ0n) is 10.6. The minimum absolute atomic E-state index is 0.465. The van der Waals surface area contributed by atoms with Crippen molar-refractivity contribution in [3.63, 3.8) is 0 Å². The Kier molecular flexibility index (Phi) is 4.37. The third-order valence-corrected chi connectivity index (χ3v) is 5.00. The van der Waals surface area contributed by atoms with Crippen LogP contribution in [-0.2, 0) is 6.42 Å². The van der Waals surface area contributed by atoms with E-state index in [0.717, 1.165) is 13.0 Å². The van der Waals surface area contributed by atoms with Gasteiger partial charge < -0.3 is 5.32 Å². The van der Waals surface area contributed by atoms with Gasteiger partial charge in [0.25, 0.3) is 0 Å². The van der Waals surface area contributed by atoms with E-state index in [1.807, 2.05) is 11.3 Å². The van der Waals surface area contributed by atoms with Crippen LogP contribution in [0.25, 0.3) is 0 Å². The summed E-state index contributed by atoms with van der Waals surface area (Å²) in [5, 5.41) is 8.00. The molecule has 0 radical (unpaired) electrons. The second-order valence-electron chi connectivity index (χ2n) is 4.33. The van der Waals surface area contributed by atoms with E-state index in [0.29, 0.717) is 6.04 Å². The molecule has 0 aliphatic carbocycles. The first-order chi connectivity index (χ1) is 8.20. The van der Waals surface area contributed by atoms with Crippen LogP contribution >= 0.6 is 22.7 Å². The van der Waals surface area contributed by atoms with Gasteiger partial charge >= 0.3 is 0 Å². The highest BCUT2D eigenvalue weighted by atomic mass is 32.1. The lowest BCUT2D eigenvalue weighted by molar-refractivity contribution is 0.559. The zero-order chi connectivity index (χ0) is 12.3. The van der Waals surface area contributed by atoms with Gasteiger partial charge in [-0.1, -0.05) is 6.92 Å². The van der Waals surface area contributed by atoms with Crippen molar-refractivity contribution in [1.29, 1.82) is 0 Å². The number of thiophene rings is 2. The van der Waals surface area contributed by atoms with Gasteiger partial charge in [-0.2, -0.15) is 11.3 Å². The van der Waals surface area contributed by atoms with Crippen molar-refractivity contribution in [3.8, 4) is 0 Å². The predicted octanol–water partition coefficient (Wildman–Crippen LogP) is 4.32. The second-order valence-corrected chi connectivity index (χ2v) is 6.40. The van der Waals surface area contributed by atoms with Gasteiger partial charge in [0.2, 0.25) is 0 Å². The Morgan fingerprint density at radius 2 is 2.18 bits per heavy atom. The van der Waals surface area contributed by atoms with Crippen molar-refractivity contribution in [2.45, 2.75) is 33.2 Å². The number of hydrogen-bond acceptors (Lipinski definition) is 3. The summed E-state index contributed by atoms with van der Waals surface area (Å²) in [4.78, 5) is 2.90. The van der Waals surface area contributed by atoms with Crippen LogP contribution in [0.5, 0.6) is 0 Å². The summed E-state index contributed by atoms with van der Waals surface area (Å²) in [6.07, 6.45) is 1.09. The van der Waals surface area contributed by atoms with E-state index < -0.39 is 0 Å². The molecule has 17 heavy (non-hydrogen) atoms. The molecule has 92 valence electrons. The SMILES string of the molecule is CCNC(Cc1ccsc1)c1cc(C)c(C)s1. The van der Waals surface area contributed by atoms with Crippen LogP contribution in [0.2, 0.25) is 0 Å². The highest BCUT2D eigenvalue weighted by Crippen LogP contribution is 2.29. The van der Waals surface area contributed by atoms with Gasteiger partial charge in [-0.15, -0.1) is 11.3 Å². The van der Waals surface area contributed by atoms with Crippen LogP contribution in [0.4, 0.5) is 0 Å². The minimum Gasteiger partial charge on any atom is -0.309 e. The smallest absolute Gasteiger partial charge is 0.0456 e. The summed E-state index contributed by atoms with van der Waals surface area (Å²) >= 11 is 3.70. The van der Waals surface area contributed by atoms with Crippen LogP contribution in [0.15, 0.2) is 22.9 Å². The summed E-state index contributed by atoms with van der Waals surface area (Å²) in [6, 6.07) is 5.02. The van der Waals surface area contributed by atoms with Gasteiger partial charge in [0.15, 0.2) is 0 Å². The second kappa shape index (κ2) is 5.80. The van der Waals surface area contributed by atoms with Gasteiger partial charge in [0.1, 0.15) is 0 Å². The van der Waals surface area contributed by atoms with Crippen molar-refractivity contribution in [2.24, 2.45) is 0 Å². The summed E-state index contributed by atoms with van der Waals surface area (Å²) in [6.45, 7) is 7.60. The molecule has 0 spiro atoms. The van der Waals surface area contributed by atoms with E-state index in [9.17, 15) is 0 Å². The molecule has 0 amide bonds. The van der Waals surface area contributed by atoms with Gasteiger partial charge in [-0.3, -0.25) is 0 Å². The van der Waals surface area contributed by atoms with Gasteiger partial charge in [-0.05, 0) is 60.8 Å². The molecule has 2 aromatic rings. The standard InChI is InChI=1S/C14H19NS2/c1-4-15-13(8-12-5-6-16-9-12)14-7-10(2)11(3)17-14/h5-7,9,13,15H,4,8H2,1-3H3. The lowest BCUT2D eigenvalue weighted by Gasteiger charge is -2.15. The predicted molar refractivity (Wildman–Crippen MR) is 78.2 cm³/mol. The Bertz CT molecular complexity index is 437. The third kappa shape index (κ3) is 3.18. The lowest BCUT2D eigenvalue weighted by Crippen LogP contribution is -2.21. The maximum atomic E-state index is 3.59. The van der Waals surface area contributed by atoms with Crippen LogP contribution < -0.4 is 5.32 Å². The molecule has 0 aliphatic heterocycles. The quantitative estimate of drug-likeness (QED) is 0.849. The van der Waals surface area contributed by atoms with Crippen LogP contribution in [0.1, 0.15) is 33.8 Å².